The first kappa shape index (κ1) is 22.3. The van der Waals surface area contributed by atoms with Gasteiger partial charge in [0.2, 0.25) is 5.89 Å². The second-order valence-corrected chi connectivity index (χ2v) is 7.78. The molecule has 2 aromatic heterocycles. The molecule has 0 radical (unpaired) electrons. The Morgan fingerprint density at radius 3 is 2.71 bits per heavy atom. The lowest BCUT2D eigenvalue weighted by Crippen LogP contribution is -2.37. The lowest BCUT2D eigenvalue weighted by Gasteiger charge is -2.13. The van der Waals surface area contributed by atoms with Crippen LogP contribution in [0.5, 0.6) is 0 Å². The third-order valence-electron chi connectivity index (χ3n) is 4.62. The summed E-state index contributed by atoms with van der Waals surface area (Å²) in [6.45, 7) is 9.74. The molecule has 152 valence electrons. The number of hydrogen-bond donors (Lipinski definition) is 3. The van der Waals surface area contributed by atoms with E-state index in [1.165, 1.54) is 22.0 Å². The van der Waals surface area contributed by atoms with Crippen molar-refractivity contribution in [3.05, 3.63) is 53.4 Å². The first-order valence-electron chi connectivity index (χ1n) is 9.34. The van der Waals surface area contributed by atoms with Gasteiger partial charge in [-0.05, 0) is 24.5 Å². The highest BCUT2D eigenvalue weighted by Crippen LogP contribution is 2.23. The van der Waals surface area contributed by atoms with E-state index in [0.717, 1.165) is 24.7 Å². The van der Waals surface area contributed by atoms with Crippen molar-refractivity contribution in [2.45, 2.75) is 46.1 Å². The molecule has 0 unspecified atom stereocenters. The van der Waals surface area contributed by atoms with Gasteiger partial charge in [-0.25, -0.2) is 4.98 Å². The molecule has 0 saturated carbocycles. The van der Waals surface area contributed by atoms with E-state index in [1.807, 2.05) is 0 Å². The number of hydrogen-bond acceptors (Lipinski definition) is 3. The van der Waals surface area contributed by atoms with Crippen molar-refractivity contribution in [1.82, 2.24) is 20.6 Å². The van der Waals surface area contributed by atoms with E-state index in [0.29, 0.717) is 12.4 Å². The molecule has 0 bridgehead atoms. The van der Waals surface area contributed by atoms with E-state index in [2.05, 4.69) is 77.7 Å². The normalized spacial score (nSPS) is 12.1. The van der Waals surface area contributed by atoms with Gasteiger partial charge >= 0.3 is 0 Å². The Hall–Kier alpha value is -2.03. The summed E-state index contributed by atoms with van der Waals surface area (Å²) >= 11 is 0. The van der Waals surface area contributed by atoms with Crippen LogP contribution in [0.2, 0.25) is 0 Å². The minimum absolute atomic E-state index is 0. The fraction of sp³-hybridized carbons (Fsp3) is 0.429. The van der Waals surface area contributed by atoms with Crippen molar-refractivity contribution in [2.75, 3.05) is 13.6 Å². The third-order valence-corrected chi connectivity index (χ3v) is 4.62. The van der Waals surface area contributed by atoms with E-state index < -0.39 is 0 Å². The maximum atomic E-state index is 5.81. The highest BCUT2D eigenvalue weighted by Gasteiger charge is 2.19. The van der Waals surface area contributed by atoms with Gasteiger partial charge in [-0.3, -0.25) is 4.99 Å². The number of aromatic nitrogens is 2. The van der Waals surface area contributed by atoms with Crippen LogP contribution in [-0.2, 0) is 18.4 Å². The summed E-state index contributed by atoms with van der Waals surface area (Å²) < 4.78 is 5.81. The predicted octanol–water partition coefficient (Wildman–Crippen LogP) is 4.29. The number of nitrogens with zero attached hydrogens (tertiary/aromatic N) is 2. The number of rotatable bonds is 5. The average Bonchev–Trinajstić information content (AvgIpc) is 3.26. The third kappa shape index (κ3) is 5.27. The highest BCUT2D eigenvalue weighted by molar-refractivity contribution is 14.0. The van der Waals surface area contributed by atoms with Gasteiger partial charge in [0.1, 0.15) is 5.76 Å². The predicted molar refractivity (Wildman–Crippen MR) is 126 cm³/mol. The van der Waals surface area contributed by atoms with Crippen LogP contribution in [-0.4, -0.2) is 29.5 Å². The molecule has 0 amide bonds. The second kappa shape index (κ2) is 9.45. The van der Waals surface area contributed by atoms with Gasteiger partial charge in [0, 0.05) is 36.1 Å². The summed E-state index contributed by atoms with van der Waals surface area (Å²) in [6.07, 6.45) is 4.81. The summed E-state index contributed by atoms with van der Waals surface area (Å²) in [7, 11) is 1.76. The molecule has 3 N–H and O–H groups in total. The molecular formula is C21H30IN5O. The number of fused-ring (bicyclic) bond motifs is 1. The Labute approximate surface area is 183 Å². The quantitative estimate of drug-likeness (QED) is 0.281. The minimum atomic E-state index is -0.0388. The van der Waals surface area contributed by atoms with E-state index in [4.69, 9.17) is 4.42 Å². The molecule has 0 aliphatic rings. The fourth-order valence-corrected chi connectivity index (χ4v) is 3.01. The summed E-state index contributed by atoms with van der Waals surface area (Å²) in [4.78, 5) is 12.0. The number of H-pyrrole nitrogens is 1. The van der Waals surface area contributed by atoms with Crippen LogP contribution < -0.4 is 10.6 Å². The molecule has 6 nitrogen and oxygen atoms in total. The number of halogens is 1. The fourth-order valence-electron chi connectivity index (χ4n) is 3.01. The molecule has 7 heteroatoms. The lowest BCUT2D eigenvalue weighted by molar-refractivity contribution is 0.379. The Morgan fingerprint density at radius 2 is 2.04 bits per heavy atom. The van der Waals surface area contributed by atoms with Crippen molar-refractivity contribution in [2.24, 2.45) is 4.99 Å². The average molecular weight is 495 g/mol. The van der Waals surface area contributed by atoms with Crippen molar-refractivity contribution < 1.29 is 4.42 Å². The number of para-hydroxylation sites is 1. The summed E-state index contributed by atoms with van der Waals surface area (Å²) in [5.74, 6) is 2.29. The second-order valence-electron chi connectivity index (χ2n) is 7.78. The smallest absolute Gasteiger partial charge is 0.213 e. The van der Waals surface area contributed by atoms with Crippen molar-refractivity contribution in [3.63, 3.8) is 0 Å². The number of nitrogens with one attached hydrogen (secondary N) is 3. The standard InChI is InChI=1S/C21H29N5O.HI/c1-14-7-6-8-16-15(11-25-19(14)16)9-10-23-20(22-5)26-13-18-24-12-17(27-18)21(2,3)4;/h6-8,11-12,25H,9-10,13H2,1-5H3,(H2,22,23,26);1H. The molecule has 3 aromatic rings. The van der Waals surface area contributed by atoms with Gasteiger partial charge in [0.25, 0.3) is 0 Å². The molecule has 0 atom stereocenters. The number of aliphatic imine (C=N–C) groups is 1. The summed E-state index contributed by atoms with van der Waals surface area (Å²) in [6, 6.07) is 6.39. The van der Waals surface area contributed by atoms with Gasteiger partial charge in [-0.15, -0.1) is 24.0 Å². The van der Waals surface area contributed by atoms with Gasteiger partial charge in [0.15, 0.2) is 5.96 Å². The molecule has 0 saturated heterocycles. The lowest BCUT2D eigenvalue weighted by atomic mass is 9.94. The maximum Gasteiger partial charge on any atom is 0.213 e. The van der Waals surface area contributed by atoms with Gasteiger partial charge in [-0.2, -0.15) is 0 Å². The summed E-state index contributed by atoms with van der Waals surface area (Å²) in [5.41, 5.74) is 3.75. The van der Waals surface area contributed by atoms with E-state index >= 15 is 0 Å². The minimum Gasteiger partial charge on any atom is -0.443 e. The zero-order valence-corrected chi connectivity index (χ0v) is 19.5. The number of guanidine groups is 1. The molecule has 0 fully saturated rings. The van der Waals surface area contributed by atoms with Crippen LogP contribution in [0.15, 0.2) is 40.0 Å². The van der Waals surface area contributed by atoms with Crippen LogP contribution in [0.1, 0.15) is 43.5 Å². The van der Waals surface area contributed by atoms with E-state index in [9.17, 15) is 0 Å². The first-order valence-corrected chi connectivity index (χ1v) is 9.34. The molecule has 2 heterocycles. The molecule has 0 aliphatic carbocycles. The Balaban J connectivity index is 0.00000280. The first-order chi connectivity index (χ1) is 12.9. The molecular weight excluding hydrogens is 465 g/mol. The zero-order valence-electron chi connectivity index (χ0n) is 17.2. The number of benzene rings is 1. The van der Waals surface area contributed by atoms with Crippen LogP contribution in [0.25, 0.3) is 10.9 Å². The monoisotopic (exact) mass is 495 g/mol. The molecule has 0 spiro atoms. The van der Waals surface area contributed by atoms with Crippen molar-refractivity contribution >= 4 is 40.8 Å². The van der Waals surface area contributed by atoms with Gasteiger partial charge in [0.05, 0.1) is 12.7 Å². The molecule has 28 heavy (non-hydrogen) atoms. The summed E-state index contributed by atoms with van der Waals surface area (Å²) in [5, 5.41) is 7.89. The topological polar surface area (TPSA) is 78.2 Å². The molecule has 3 rings (SSSR count). The number of oxazole rings is 1. The maximum absolute atomic E-state index is 5.81. The SMILES string of the molecule is CN=C(NCCc1c[nH]c2c(C)cccc12)NCc1ncc(C(C)(C)C)o1.I. The van der Waals surface area contributed by atoms with Crippen molar-refractivity contribution in [3.8, 4) is 0 Å². The Bertz CT molecular complexity index is 936. The Morgan fingerprint density at radius 1 is 1.25 bits per heavy atom. The van der Waals surface area contributed by atoms with Crippen LogP contribution in [0.4, 0.5) is 0 Å². The van der Waals surface area contributed by atoms with Crippen LogP contribution >= 0.6 is 24.0 Å². The van der Waals surface area contributed by atoms with Crippen LogP contribution in [0, 0.1) is 6.92 Å². The molecule has 0 aliphatic heterocycles. The van der Waals surface area contributed by atoms with Crippen LogP contribution in [0.3, 0.4) is 0 Å². The number of aryl methyl sites for hydroxylation is 1. The molecule has 1 aromatic carbocycles. The van der Waals surface area contributed by atoms with E-state index in [-0.39, 0.29) is 29.4 Å². The van der Waals surface area contributed by atoms with Crippen molar-refractivity contribution in [1.29, 1.82) is 0 Å². The zero-order chi connectivity index (χ0) is 19.4. The Kier molecular flexibility index (Phi) is 7.51. The van der Waals surface area contributed by atoms with Gasteiger partial charge < -0.3 is 20.0 Å². The van der Waals surface area contributed by atoms with E-state index in [1.54, 1.807) is 13.2 Å². The van der Waals surface area contributed by atoms with Gasteiger partial charge in [-0.1, -0.05) is 39.0 Å². The highest BCUT2D eigenvalue weighted by atomic mass is 127. The largest absolute Gasteiger partial charge is 0.443 e. The number of aromatic amines is 1.